The number of ether oxygens (including phenoxy) is 1. The number of aryl methyl sites for hydroxylation is 1. The van der Waals surface area contributed by atoms with Crippen LogP contribution in [0.25, 0.3) is 21.5 Å². The lowest BCUT2D eigenvalue weighted by Gasteiger charge is -2.35. The van der Waals surface area contributed by atoms with E-state index in [-0.39, 0.29) is 11.7 Å². The summed E-state index contributed by atoms with van der Waals surface area (Å²) >= 11 is 8.01. The van der Waals surface area contributed by atoms with Crippen molar-refractivity contribution in [2.75, 3.05) is 7.11 Å². The molecule has 0 bridgehead atoms. The second-order valence-electron chi connectivity index (χ2n) is 10.6. The van der Waals surface area contributed by atoms with Gasteiger partial charge in [-0.3, -0.25) is 4.79 Å². The zero-order valence-corrected chi connectivity index (χ0v) is 24.6. The number of fused-ring (bicyclic) bond motifs is 2. The molecule has 5 aromatic rings. The summed E-state index contributed by atoms with van der Waals surface area (Å²) in [7, 11) is 1.67. The van der Waals surface area contributed by atoms with Gasteiger partial charge < -0.3 is 4.74 Å². The number of benzene rings is 5. The van der Waals surface area contributed by atoms with Gasteiger partial charge >= 0.3 is 0 Å². The number of halogens is 1. The largest absolute Gasteiger partial charge is 0.505 e. The van der Waals surface area contributed by atoms with Gasteiger partial charge in [0.05, 0.1) is 13.4 Å². The van der Waals surface area contributed by atoms with Gasteiger partial charge in [0.15, 0.2) is 5.78 Å². The average molecular weight is 565 g/mol. The monoisotopic (exact) mass is 564 g/mol. The molecular formula is C36H33ClO2S. The molecule has 0 saturated carbocycles. The summed E-state index contributed by atoms with van der Waals surface area (Å²) in [6.07, 6.45) is 5.01. The van der Waals surface area contributed by atoms with Gasteiger partial charge in [-0.15, -0.1) is 11.8 Å². The highest BCUT2D eigenvalue weighted by Crippen LogP contribution is 2.44. The molecule has 0 aromatic heterocycles. The lowest BCUT2D eigenvalue weighted by molar-refractivity contribution is 0.0955. The molecule has 5 rings (SSSR count). The fraction of sp³-hybridized carbons (Fsp3) is 0.194. The minimum Gasteiger partial charge on any atom is -0.505 e. The summed E-state index contributed by atoms with van der Waals surface area (Å²) in [5.74, 6) is 0.141. The topological polar surface area (TPSA) is 26.3 Å². The lowest BCUT2D eigenvalue weighted by Crippen LogP contribution is -2.33. The van der Waals surface area contributed by atoms with Crippen LogP contribution in [0.2, 0.25) is 5.02 Å². The minimum absolute atomic E-state index is 0.00563. The van der Waals surface area contributed by atoms with E-state index in [1.807, 2.05) is 43.3 Å². The molecule has 2 nitrogen and oxygen atoms in total. The zero-order chi connectivity index (χ0) is 28.1. The maximum atomic E-state index is 13.7. The number of hydrogen-bond donors (Lipinski definition) is 0. The predicted molar refractivity (Wildman–Crippen MR) is 171 cm³/mol. The maximum Gasteiger partial charge on any atom is 0.163 e. The van der Waals surface area contributed by atoms with Crippen molar-refractivity contribution in [1.29, 1.82) is 0 Å². The van der Waals surface area contributed by atoms with E-state index in [1.54, 1.807) is 25.1 Å². The number of ketones is 1. The summed E-state index contributed by atoms with van der Waals surface area (Å²) in [6, 6.07) is 35.3. The zero-order valence-electron chi connectivity index (χ0n) is 23.1. The van der Waals surface area contributed by atoms with Crippen LogP contribution in [0.1, 0.15) is 34.8 Å². The van der Waals surface area contributed by atoms with E-state index in [0.29, 0.717) is 6.42 Å². The average Bonchev–Trinajstić information content (AvgIpc) is 2.96. The number of hydrogen-bond acceptors (Lipinski definition) is 3. The highest BCUT2D eigenvalue weighted by molar-refractivity contribution is 8.00. The van der Waals surface area contributed by atoms with Crippen molar-refractivity contribution in [3.8, 4) is 0 Å². The normalized spacial score (nSPS) is 13.9. The van der Waals surface area contributed by atoms with Gasteiger partial charge in [-0.2, -0.15) is 0 Å². The Hall–Kier alpha value is -3.53. The second kappa shape index (κ2) is 12.3. The fourth-order valence-electron chi connectivity index (χ4n) is 5.18. The molecule has 5 aromatic carbocycles. The van der Waals surface area contributed by atoms with Crippen LogP contribution in [0.4, 0.5) is 0 Å². The Bertz CT molecular complexity index is 1670. The molecular weight excluding hydrogens is 532 g/mol. The summed E-state index contributed by atoms with van der Waals surface area (Å²) in [4.78, 5) is 14.8. The van der Waals surface area contributed by atoms with Crippen molar-refractivity contribution in [3.05, 3.63) is 137 Å². The van der Waals surface area contributed by atoms with Crippen molar-refractivity contribution < 1.29 is 9.53 Å². The van der Waals surface area contributed by atoms with E-state index in [0.717, 1.165) is 38.2 Å². The number of carbonyl (C=O) groups is 1. The van der Waals surface area contributed by atoms with Crippen LogP contribution in [0.5, 0.6) is 0 Å². The fourth-order valence-corrected chi connectivity index (χ4v) is 6.64. The van der Waals surface area contributed by atoms with Crippen LogP contribution >= 0.6 is 23.4 Å². The van der Waals surface area contributed by atoms with Gasteiger partial charge in [0.2, 0.25) is 0 Å². The molecule has 0 spiro atoms. The number of rotatable bonds is 10. The molecule has 4 heteroatoms. The quantitative estimate of drug-likeness (QED) is 0.0958. The molecule has 0 amide bonds. The third-order valence-electron chi connectivity index (χ3n) is 7.56. The summed E-state index contributed by atoms with van der Waals surface area (Å²) in [5.41, 5.74) is 3.08. The van der Waals surface area contributed by atoms with Crippen molar-refractivity contribution in [2.45, 2.75) is 36.3 Å². The molecule has 40 heavy (non-hydrogen) atoms. The molecule has 0 N–H and O–H groups in total. The van der Waals surface area contributed by atoms with Gasteiger partial charge in [0.25, 0.3) is 0 Å². The molecule has 0 fully saturated rings. The molecule has 0 heterocycles. The van der Waals surface area contributed by atoms with Crippen LogP contribution in [-0.2, 0) is 11.2 Å². The Labute approximate surface area is 246 Å². The van der Waals surface area contributed by atoms with Gasteiger partial charge in [-0.05, 0) is 83.6 Å². The van der Waals surface area contributed by atoms with Crippen LogP contribution in [-0.4, -0.2) is 17.6 Å². The Balaban J connectivity index is 1.53. The highest BCUT2D eigenvalue weighted by atomic mass is 35.5. The molecule has 202 valence electrons. The summed E-state index contributed by atoms with van der Waals surface area (Å²) in [5, 5.41) is 5.39. The van der Waals surface area contributed by atoms with E-state index >= 15 is 0 Å². The molecule has 2 unspecified atom stereocenters. The number of thioether (sulfide) groups is 1. The first-order chi connectivity index (χ1) is 19.3. The first-order valence-corrected chi connectivity index (χ1v) is 14.7. The van der Waals surface area contributed by atoms with E-state index in [2.05, 4.69) is 79.7 Å². The smallest absolute Gasteiger partial charge is 0.163 e. The van der Waals surface area contributed by atoms with Crippen molar-refractivity contribution in [1.82, 2.24) is 0 Å². The molecule has 0 aliphatic carbocycles. The van der Waals surface area contributed by atoms with Crippen molar-refractivity contribution >= 4 is 50.7 Å². The van der Waals surface area contributed by atoms with Crippen molar-refractivity contribution in [2.24, 2.45) is 5.92 Å². The Morgan fingerprint density at radius 2 is 1.55 bits per heavy atom. The van der Waals surface area contributed by atoms with Crippen molar-refractivity contribution in [3.63, 3.8) is 0 Å². The minimum atomic E-state index is -0.423. The molecule has 0 aliphatic heterocycles. The molecule has 0 radical (unpaired) electrons. The number of methoxy groups -OCH3 is 1. The first-order valence-electron chi connectivity index (χ1n) is 13.5. The van der Waals surface area contributed by atoms with Gasteiger partial charge in [-0.1, -0.05) is 96.0 Å². The standard InChI is InChI=1S/C36H33ClO2S/c1-25-8-11-28(12-9-25)35(38)24-32(21-26-10-13-31-22-33(37)16-14-30(31)20-26)36(2,18-19-39-3)40-34-17-15-27-6-4-5-7-29(27)23-34/h4-20,22-23,32H,21,24H2,1-3H3. The van der Waals surface area contributed by atoms with Gasteiger partial charge in [0, 0.05) is 26.6 Å². The molecule has 0 saturated heterocycles. The highest BCUT2D eigenvalue weighted by Gasteiger charge is 2.35. The van der Waals surface area contributed by atoms with E-state index < -0.39 is 4.75 Å². The first kappa shape index (κ1) is 28.0. The van der Waals surface area contributed by atoms with Gasteiger partial charge in [-0.25, -0.2) is 0 Å². The summed E-state index contributed by atoms with van der Waals surface area (Å²) in [6.45, 7) is 4.26. The van der Waals surface area contributed by atoms with E-state index in [1.165, 1.54) is 16.3 Å². The Morgan fingerprint density at radius 3 is 2.33 bits per heavy atom. The second-order valence-corrected chi connectivity index (χ2v) is 12.5. The van der Waals surface area contributed by atoms with E-state index in [9.17, 15) is 4.79 Å². The number of carbonyl (C=O) groups excluding carboxylic acids is 1. The molecule has 0 aliphatic rings. The van der Waals surface area contributed by atoms with Crippen LogP contribution < -0.4 is 0 Å². The Kier molecular flexibility index (Phi) is 8.63. The number of Topliss-reactive ketones (excluding diaryl/α,β-unsaturated/α-hetero) is 1. The van der Waals surface area contributed by atoms with E-state index in [4.69, 9.17) is 16.3 Å². The third kappa shape index (κ3) is 6.60. The molecule has 2 atom stereocenters. The van der Waals surface area contributed by atoms with Crippen LogP contribution in [0.3, 0.4) is 0 Å². The summed E-state index contributed by atoms with van der Waals surface area (Å²) < 4.78 is 5.00. The SMILES string of the molecule is COC=CC(C)(Sc1ccc2ccccc2c1)C(CC(=O)c1ccc(C)cc1)Cc1ccc2cc(Cl)ccc2c1. The maximum absolute atomic E-state index is 13.7. The van der Waals surface area contributed by atoms with Crippen LogP contribution in [0, 0.1) is 12.8 Å². The predicted octanol–water partition coefficient (Wildman–Crippen LogP) is 10.1. The van der Waals surface area contributed by atoms with Crippen LogP contribution in [0.15, 0.2) is 120 Å². The third-order valence-corrected chi connectivity index (χ3v) is 9.19. The Morgan fingerprint density at radius 1 is 0.875 bits per heavy atom. The lowest BCUT2D eigenvalue weighted by atomic mass is 9.82. The van der Waals surface area contributed by atoms with Gasteiger partial charge in [0.1, 0.15) is 0 Å².